The van der Waals surface area contributed by atoms with Gasteiger partial charge >= 0.3 is 27.0 Å². The van der Waals surface area contributed by atoms with Gasteiger partial charge in [-0.3, -0.25) is 0 Å². The number of hydrogen-bond donors (Lipinski definition) is 0. The Morgan fingerprint density at radius 3 is 2.65 bits per heavy atom. The topological polar surface area (TPSA) is 48.3 Å². The normalized spacial score (nSPS) is 10.1. The Morgan fingerprint density at radius 2 is 1.96 bits per heavy atom. The fraction of sp³-hybridized carbons (Fsp3) is 0.111. The predicted octanol–water partition coefficient (Wildman–Crippen LogP) is 2.97. The zero-order chi connectivity index (χ0) is 15.5. The Labute approximate surface area is 148 Å². The maximum atomic E-state index is 12.5. The molecule has 0 bridgehead atoms. The predicted molar refractivity (Wildman–Crippen MR) is 84.3 cm³/mol. The smallest absolute Gasteiger partial charge is 0.462 e. The van der Waals surface area contributed by atoms with E-state index in [2.05, 4.69) is 6.07 Å². The van der Waals surface area contributed by atoms with Crippen molar-refractivity contribution in [2.24, 2.45) is 0 Å². The Bertz CT molecular complexity index is 888. The van der Waals surface area contributed by atoms with E-state index in [9.17, 15) is 9.59 Å². The molecular formula is C18H14NO3W+. The summed E-state index contributed by atoms with van der Waals surface area (Å²) < 4.78 is 6.80. The van der Waals surface area contributed by atoms with Gasteiger partial charge < -0.3 is 14.1 Å². The van der Waals surface area contributed by atoms with Crippen LogP contribution in [-0.2, 0) is 25.8 Å². The van der Waals surface area contributed by atoms with Crippen LogP contribution in [0.25, 0.3) is 16.6 Å². The van der Waals surface area contributed by atoms with Crippen LogP contribution < -0.4 is 5.43 Å². The van der Waals surface area contributed by atoms with Crippen molar-refractivity contribution in [3.63, 3.8) is 0 Å². The number of hydrogen-bond acceptors (Lipinski definition) is 3. The third-order valence-corrected chi connectivity index (χ3v) is 3.38. The van der Waals surface area contributed by atoms with Gasteiger partial charge in [0.15, 0.2) is 0 Å². The molecule has 0 unspecified atom stereocenters. The minimum Gasteiger partial charge on any atom is -0.462 e. The number of esters is 1. The van der Waals surface area contributed by atoms with Gasteiger partial charge in [0.25, 0.3) is 0 Å². The molecule has 0 N–H and O–H groups in total. The summed E-state index contributed by atoms with van der Waals surface area (Å²) in [5.74, 6) is -0.608. The molecule has 0 atom stereocenters. The molecule has 0 saturated carbocycles. The molecule has 0 radical (unpaired) electrons. The molecule has 0 spiro atoms. The molecule has 1 aromatic heterocycles. The second-order valence-electron chi connectivity index (χ2n) is 4.74. The van der Waals surface area contributed by atoms with Crippen molar-refractivity contribution in [3.8, 4) is 5.69 Å². The van der Waals surface area contributed by atoms with Crippen molar-refractivity contribution in [1.82, 2.24) is 4.57 Å². The van der Waals surface area contributed by atoms with Gasteiger partial charge in [0.05, 0.1) is 6.61 Å². The van der Waals surface area contributed by atoms with E-state index in [0.29, 0.717) is 5.39 Å². The van der Waals surface area contributed by atoms with Gasteiger partial charge in [-0.15, -0.1) is 6.07 Å². The molecule has 2 aromatic carbocycles. The molecule has 3 rings (SSSR count). The van der Waals surface area contributed by atoms with Crippen LogP contribution in [0.3, 0.4) is 0 Å². The number of rotatable bonds is 3. The van der Waals surface area contributed by atoms with Crippen LogP contribution in [-0.4, -0.2) is 17.1 Å². The van der Waals surface area contributed by atoms with Gasteiger partial charge in [0.2, 0.25) is 0 Å². The van der Waals surface area contributed by atoms with Crippen LogP contribution in [0.1, 0.15) is 17.3 Å². The minimum atomic E-state index is -0.608. The number of carbonyl (C=O) groups excluding carboxylic acids is 1. The monoisotopic (exact) mass is 476 g/mol. The molecule has 1 heterocycles. The van der Waals surface area contributed by atoms with Crippen LogP contribution in [0.2, 0.25) is 0 Å². The Kier molecular flexibility index (Phi) is 5.51. The second kappa shape index (κ2) is 7.38. The molecule has 3 aromatic rings. The van der Waals surface area contributed by atoms with E-state index in [1.54, 1.807) is 25.1 Å². The molecule has 0 aliphatic heterocycles. The summed E-state index contributed by atoms with van der Waals surface area (Å²) in [5, 5.41) is 0.442. The molecule has 0 fully saturated rings. The molecule has 114 valence electrons. The number of aromatic nitrogens is 1. The Morgan fingerprint density at radius 1 is 1.22 bits per heavy atom. The van der Waals surface area contributed by atoms with Gasteiger partial charge in [0.1, 0.15) is 11.0 Å². The maximum Gasteiger partial charge on any atom is 2.00 e. The summed E-state index contributed by atoms with van der Waals surface area (Å²) in [6, 6.07) is 17.6. The van der Waals surface area contributed by atoms with Crippen LogP contribution >= 0.6 is 0 Å². The largest absolute Gasteiger partial charge is 2.00 e. The second-order valence-corrected chi connectivity index (χ2v) is 4.74. The summed E-state index contributed by atoms with van der Waals surface area (Å²) in [6.45, 7) is 1.94. The summed E-state index contributed by atoms with van der Waals surface area (Å²) >= 11 is 0. The first-order chi connectivity index (χ1) is 10.7. The quantitative estimate of drug-likeness (QED) is 0.432. The average Bonchev–Trinajstić information content (AvgIpc) is 2.56. The van der Waals surface area contributed by atoms with E-state index in [1.165, 1.54) is 6.20 Å². The van der Waals surface area contributed by atoms with E-state index in [4.69, 9.17) is 4.74 Å². The molecular weight excluding hydrogens is 462 g/mol. The van der Waals surface area contributed by atoms with Crippen molar-refractivity contribution in [2.75, 3.05) is 6.61 Å². The van der Waals surface area contributed by atoms with Crippen LogP contribution in [0.5, 0.6) is 0 Å². The van der Waals surface area contributed by atoms with Gasteiger partial charge in [-0.25, -0.2) is 4.79 Å². The Hall–Kier alpha value is -2.19. The first-order valence-corrected chi connectivity index (χ1v) is 7.00. The fourth-order valence-electron chi connectivity index (χ4n) is 2.37. The number of ether oxygens (including phenoxy) is 1. The summed E-state index contributed by atoms with van der Waals surface area (Å²) in [7, 11) is 0. The molecule has 0 amide bonds. The first-order valence-electron chi connectivity index (χ1n) is 7.00. The molecule has 0 saturated heterocycles. The van der Waals surface area contributed by atoms with Gasteiger partial charge in [0, 0.05) is 11.9 Å². The van der Waals surface area contributed by atoms with Crippen molar-refractivity contribution in [3.05, 3.63) is 76.6 Å². The van der Waals surface area contributed by atoms with Crippen molar-refractivity contribution < 1.29 is 30.6 Å². The summed E-state index contributed by atoms with van der Waals surface area (Å²) in [6.07, 6.45) is 1.54. The fourth-order valence-corrected chi connectivity index (χ4v) is 2.37. The summed E-state index contributed by atoms with van der Waals surface area (Å²) in [4.78, 5) is 24.5. The van der Waals surface area contributed by atoms with Gasteiger partial charge in [-0.05, 0) is 19.1 Å². The number of para-hydroxylation sites is 1. The van der Waals surface area contributed by atoms with E-state index < -0.39 is 5.97 Å². The Balaban J connectivity index is 0.00000192. The molecule has 5 heteroatoms. The van der Waals surface area contributed by atoms with Gasteiger partial charge in [-0.1, -0.05) is 29.1 Å². The average molecular weight is 476 g/mol. The number of benzene rings is 2. The standard InChI is InChI=1S/C18H14NO3.W/c1-2-22-18(21)15-12-19(13-8-4-3-5-9-13)16-11-7-6-10-14(16)17(15)20;/h3-5,7-12H,2H2,1H3;/q-1;+2. The van der Waals surface area contributed by atoms with Gasteiger partial charge in [-0.2, -0.15) is 18.2 Å². The van der Waals surface area contributed by atoms with Crippen molar-refractivity contribution in [2.45, 2.75) is 6.92 Å². The third-order valence-electron chi connectivity index (χ3n) is 3.38. The van der Waals surface area contributed by atoms with E-state index >= 15 is 0 Å². The van der Waals surface area contributed by atoms with E-state index in [0.717, 1.165) is 11.2 Å². The maximum absolute atomic E-state index is 12.5. The molecule has 0 aliphatic carbocycles. The van der Waals surface area contributed by atoms with Crippen molar-refractivity contribution >= 4 is 16.9 Å². The first kappa shape index (κ1) is 17.2. The zero-order valence-electron chi connectivity index (χ0n) is 12.5. The number of fused-ring (bicyclic) bond motifs is 1. The number of nitrogens with zero attached hydrogens (tertiary/aromatic N) is 1. The zero-order valence-corrected chi connectivity index (χ0v) is 15.4. The minimum absolute atomic E-state index is 0. The molecule has 0 aliphatic rings. The number of pyridine rings is 1. The van der Waals surface area contributed by atoms with Crippen LogP contribution in [0.4, 0.5) is 0 Å². The van der Waals surface area contributed by atoms with E-state index in [-0.39, 0.29) is 38.7 Å². The van der Waals surface area contributed by atoms with Crippen LogP contribution in [0.15, 0.2) is 59.5 Å². The van der Waals surface area contributed by atoms with E-state index in [1.807, 2.05) is 34.9 Å². The van der Waals surface area contributed by atoms with Crippen LogP contribution in [0, 0.1) is 6.07 Å². The molecule has 4 nitrogen and oxygen atoms in total. The SMILES string of the molecule is CCOC(=O)c1cn(-c2ccccc2)c2cc[c-]cc2c1=O.[W+2]. The number of carbonyl (C=O) groups is 1. The van der Waals surface area contributed by atoms with Crippen molar-refractivity contribution in [1.29, 1.82) is 0 Å². The summed E-state index contributed by atoms with van der Waals surface area (Å²) in [5.41, 5.74) is 1.28. The third kappa shape index (κ3) is 3.27. The molecule has 23 heavy (non-hydrogen) atoms.